The van der Waals surface area contributed by atoms with E-state index in [0.717, 1.165) is 26.0 Å². The molecule has 4 nitrogen and oxygen atoms in total. The molecular weight excluding hydrogens is 341 g/mol. The van der Waals surface area contributed by atoms with Crippen LogP contribution in [0.5, 0.6) is 0 Å². The van der Waals surface area contributed by atoms with Crippen LogP contribution in [0.1, 0.15) is 39.0 Å². The Morgan fingerprint density at radius 1 is 1.33 bits per heavy atom. The molecule has 18 heavy (non-hydrogen) atoms. The molecule has 0 aromatic carbocycles. The van der Waals surface area contributed by atoms with Gasteiger partial charge in [-0.25, -0.2) is 0 Å². The third-order valence-corrected chi connectivity index (χ3v) is 2.31. The Hall–Kier alpha value is -0.300. The van der Waals surface area contributed by atoms with Crippen LogP contribution in [0.2, 0.25) is 0 Å². The summed E-state index contributed by atoms with van der Waals surface area (Å²) >= 11 is 0. The van der Waals surface area contributed by atoms with E-state index in [9.17, 15) is 0 Å². The molecule has 5 heteroatoms. The molecule has 0 saturated heterocycles. The summed E-state index contributed by atoms with van der Waals surface area (Å²) in [7, 11) is 0. The zero-order valence-corrected chi connectivity index (χ0v) is 13.8. The van der Waals surface area contributed by atoms with Gasteiger partial charge in [0.1, 0.15) is 0 Å². The van der Waals surface area contributed by atoms with Gasteiger partial charge in [0.25, 0.3) is 0 Å². The second kappa shape index (κ2) is 16.7. The van der Waals surface area contributed by atoms with Gasteiger partial charge in [-0.15, -0.1) is 30.6 Å². The van der Waals surface area contributed by atoms with Crippen LogP contribution in [-0.4, -0.2) is 32.3 Å². The van der Waals surface area contributed by atoms with E-state index >= 15 is 0 Å². The number of nitrogens with two attached hydrogens (primary N) is 1. The van der Waals surface area contributed by atoms with E-state index < -0.39 is 0 Å². The van der Waals surface area contributed by atoms with Crippen LogP contribution in [0.15, 0.2) is 17.6 Å². The number of guanidine groups is 1. The van der Waals surface area contributed by atoms with Gasteiger partial charge in [-0.3, -0.25) is 4.99 Å². The number of hydrogen-bond acceptors (Lipinski definition) is 2. The molecule has 108 valence electrons. The fraction of sp³-hybridized carbons (Fsp3) is 0.769. The number of ether oxygens (including phenoxy) is 1. The quantitative estimate of drug-likeness (QED) is 0.194. The van der Waals surface area contributed by atoms with Crippen molar-refractivity contribution in [2.75, 3.05) is 26.3 Å². The van der Waals surface area contributed by atoms with E-state index in [0.29, 0.717) is 19.1 Å². The molecule has 0 radical (unpaired) electrons. The zero-order chi connectivity index (χ0) is 12.8. The first-order chi connectivity index (χ1) is 8.31. The maximum atomic E-state index is 5.70. The summed E-state index contributed by atoms with van der Waals surface area (Å²) in [5.41, 5.74) is 5.70. The number of nitrogens with one attached hydrogen (secondary N) is 1. The normalized spacial score (nSPS) is 10.8. The van der Waals surface area contributed by atoms with Crippen LogP contribution in [0.25, 0.3) is 0 Å². The minimum atomic E-state index is 0. The molecular formula is C13H28IN3O. The van der Waals surface area contributed by atoms with Crippen LogP contribution in [-0.2, 0) is 4.74 Å². The van der Waals surface area contributed by atoms with E-state index in [1.54, 1.807) is 0 Å². The van der Waals surface area contributed by atoms with E-state index in [1.807, 2.05) is 6.08 Å². The Kier molecular flexibility index (Phi) is 18.6. The fourth-order valence-electron chi connectivity index (χ4n) is 1.31. The van der Waals surface area contributed by atoms with Crippen LogP contribution in [0.3, 0.4) is 0 Å². The van der Waals surface area contributed by atoms with Gasteiger partial charge in [0, 0.05) is 13.1 Å². The smallest absolute Gasteiger partial charge is 0.188 e. The monoisotopic (exact) mass is 369 g/mol. The van der Waals surface area contributed by atoms with Crippen molar-refractivity contribution in [3.8, 4) is 0 Å². The molecule has 0 aromatic rings. The summed E-state index contributed by atoms with van der Waals surface area (Å²) < 4.78 is 5.34. The van der Waals surface area contributed by atoms with Gasteiger partial charge in [-0.2, -0.15) is 0 Å². The highest BCUT2D eigenvalue weighted by atomic mass is 127. The topological polar surface area (TPSA) is 59.6 Å². The van der Waals surface area contributed by atoms with Gasteiger partial charge < -0.3 is 15.8 Å². The molecule has 0 atom stereocenters. The van der Waals surface area contributed by atoms with E-state index in [-0.39, 0.29) is 24.0 Å². The number of rotatable bonds is 11. The SMILES string of the molecule is C=CCCOCCNC(N)=NCCCCCC.I. The Bertz CT molecular complexity index is 210. The number of aliphatic imine (C=N–C) groups is 1. The van der Waals surface area contributed by atoms with E-state index in [4.69, 9.17) is 10.5 Å². The maximum Gasteiger partial charge on any atom is 0.188 e. The van der Waals surface area contributed by atoms with Crippen LogP contribution in [0.4, 0.5) is 0 Å². The second-order valence-electron chi connectivity index (χ2n) is 3.94. The van der Waals surface area contributed by atoms with Crippen LogP contribution in [0, 0.1) is 0 Å². The standard InChI is InChI=1S/C13H27N3O.HI/c1-3-5-7-8-9-15-13(14)16-10-12-17-11-6-4-2;/h4H,2-3,5-12H2,1H3,(H3,14,15,16);1H. The molecule has 0 saturated carbocycles. The van der Waals surface area contributed by atoms with Gasteiger partial charge in [-0.05, 0) is 12.8 Å². The van der Waals surface area contributed by atoms with Gasteiger partial charge in [0.15, 0.2) is 5.96 Å². The molecule has 3 N–H and O–H groups in total. The van der Waals surface area contributed by atoms with Gasteiger partial charge in [0.2, 0.25) is 0 Å². The van der Waals surface area contributed by atoms with Gasteiger partial charge in [0.05, 0.1) is 13.2 Å². The minimum Gasteiger partial charge on any atom is -0.379 e. The second-order valence-corrected chi connectivity index (χ2v) is 3.94. The van der Waals surface area contributed by atoms with Crippen LogP contribution < -0.4 is 11.1 Å². The summed E-state index contributed by atoms with van der Waals surface area (Å²) in [5.74, 6) is 0.522. The molecule has 0 aliphatic heterocycles. The number of nitrogens with zero attached hydrogens (tertiary/aromatic N) is 1. The Morgan fingerprint density at radius 2 is 2.11 bits per heavy atom. The summed E-state index contributed by atoms with van der Waals surface area (Å²) in [4.78, 5) is 4.24. The first-order valence-corrected chi connectivity index (χ1v) is 6.53. The lowest BCUT2D eigenvalue weighted by Gasteiger charge is -2.06. The van der Waals surface area contributed by atoms with Gasteiger partial charge in [-0.1, -0.05) is 32.3 Å². The third kappa shape index (κ3) is 15.7. The highest BCUT2D eigenvalue weighted by Crippen LogP contribution is 1.98. The van der Waals surface area contributed by atoms with Crippen molar-refractivity contribution >= 4 is 29.9 Å². The van der Waals surface area contributed by atoms with E-state index in [1.165, 1.54) is 19.3 Å². The molecule has 0 aliphatic rings. The highest BCUT2D eigenvalue weighted by Gasteiger charge is 1.91. The lowest BCUT2D eigenvalue weighted by molar-refractivity contribution is 0.143. The number of unbranched alkanes of at least 4 members (excludes halogenated alkanes) is 3. The Morgan fingerprint density at radius 3 is 2.78 bits per heavy atom. The first kappa shape index (κ1) is 20.0. The number of hydrogen-bond donors (Lipinski definition) is 2. The largest absolute Gasteiger partial charge is 0.379 e. The van der Waals surface area contributed by atoms with Crippen molar-refractivity contribution < 1.29 is 4.74 Å². The number of halogens is 1. The molecule has 0 aliphatic carbocycles. The molecule has 0 rings (SSSR count). The summed E-state index contributed by atoms with van der Waals surface area (Å²) in [6, 6.07) is 0. The van der Waals surface area contributed by atoms with Crippen molar-refractivity contribution in [2.45, 2.75) is 39.0 Å². The van der Waals surface area contributed by atoms with Crippen molar-refractivity contribution in [3.05, 3.63) is 12.7 Å². The summed E-state index contributed by atoms with van der Waals surface area (Å²) in [5, 5.41) is 3.03. The molecule has 0 unspecified atom stereocenters. The maximum absolute atomic E-state index is 5.70. The van der Waals surface area contributed by atoms with E-state index in [2.05, 4.69) is 23.8 Å². The van der Waals surface area contributed by atoms with Gasteiger partial charge >= 0.3 is 0 Å². The van der Waals surface area contributed by atoms with Crippen molar-refractivity contribution in [1.82, 2.24) is 5.32 Å². The lowest BCUT2D eigenvalue weighted by Crippen LogP contribution is -2.34. The fourth-order valence-corrected chi connectivity index (χ4v) is 1.31. The summed E-state index contributed by atoms with van der Waals surface area (Å²) in [6.45, 7) is 8.73. The molecule has 0 aromatic heterocycles. The Balaban J connectivity index is 0. The molecule has 0 heterocycles. The zero-order valence-electron chi connectivity index (χ0n) is 11.5. The molecule has 0 amide bonds. The average molecular weight is 369 g/mol. The minimum absolute atomic E-state index is 0. The molecule has 0 spiro atoms. The lowest BCUT2D eigenvalue weighted by atomic mass is 10.2. The van der Waals surface area contributed by atoms with Crippen molar-refractivity contribution in [1.29, 1.82) is 0 Å². The Labute approximate surface area is 128 Å². The van der Waals surface area contributed by atoms with Crippen LogP contribution >= 0.6 is 24.0 Å². The summed E-state index contributed by atoms with van der Waals surface area (Å²) in [6.07, 6.45) is 7.62. The van der Waals surface area contributed by atoms with Crippen molar-refractivity contribution in [3.63, 3.8) is 0 Å². The third-order valence-electron chi connectivity index (χ3n) is 2.31. The first-order valence-electron chi connectivity index (χ1n) is 6.53. The average Bonchev–Trinajstić information content (AvgIpc) is 2.33. The predicted octanol–water partition coefficient (Wildman–Crippen LogP) is 2.68. The molecule has 0 fully saturated rings. The van der Waals surface area contributed by atoms with Crippen molar-refractivity contribution in [2.24, 2.45) is 10.7 Å². The predicted molar refractivity (Wildman–Crippen MR) is 89.7 cm³/mol. The molecule has 0 bridgehead atoms. The highest BCUT2D eigenvalue weighted by molar-refractivity contribution is 14.0.